The Hall–Kier alpha value is -5.38. The Balaban J connectivity index is 1.43. The number of hydrogen-bond donors (Lipinski definition) is 4. The molecule has 7 rings (SSSR count). The van der Waals surface area contributed by atoms with Gasteiger partial charge in [0, 0.05) is 52.0 Å². The summed E-state index contributed by atoms with van der Waals surface area (Å²) in [5, 5.41) is 50.0. The van der Waals surface area contributed by atoms with E-state index in [0.29, 0.717) is 63.3 Å². The second-order valence-electron chi connectivity index (χ2n) is 13.4. The average Bonchev–Trinajstić information content (AvgIpc) is 3.11. The Labute approximate surface area is 296 Å². The molecule has 0 aliphatic carbocycles. The highest BCUT2D eigenvalue weighted by Crippen LogP contribution is 2.58. The third kappa shape index (κ3) is 4.82. The van der Waals surface area contributed by atoms with Crippen molar-refractivity contribution in [1.29, 1.82) is 5.26 Å². The zero-order valence-electron chi connectivity index (χ0n) is 29.7. The van der Waals surface area contributed by atoms with Crippen LogP contribution in [0.4, 0.5) is 0 Å². The number of ether oxygens (including phenoxy) is 4. The van der Waals surface area contributed by atoms with Crippen LogP contribution in [0.3, 0.4) is 0 Å². The van der Waals surface area contributed by atoms with E-state index in [1.165, 1.54) is 20.3 Å². The molecule has 0 saturated carbocycles. The molecule has 51 heavy (non-hydrogen) atoms. The summed E-state index contributed by atoms with van der Waals surface area (Å²) in [4.78, 5) is 18.2. The lowest BCUT2D eigenvalue weighted by Crippen LogP contribution is -2.68. The smallest absolute Gasteiger partial charge is 0.255 e. The molecular weight excluding hydrogens is 652 g/mol. The molecule has 2 bridgehead atoms. The Bertz CT molecular complexity index is 2130. The number of aromatic hydroxyl groups is 3. The molecular formula is C39H42N4O8. The molecule has 4 aromatic carbocycles. The van der Waals surface area contributed by atoms with E-state index in [1.54, 1.807) is 32.4 Å². The molecule has 4 aromatic rings. The van der Waals surface area contributed by atoms with Crippen LogP contribution >= 0.6 is 0 Å². The predicted molar refractivity (Wildman–Crippen MR) is 189 cm³/mol. The lowest BCUT2D eigenvalue weighted by molar-refractivity contribution is -0.0724. The van der Waals surface area contributed by atoms with E-state index in [4.69, 9.17) is 18.9 Å². The van der Waals surface area contributed by atoms with Gasteiger partial charge in [0.15, 0.2) is 23.0 Å². The molecule has 0 aromatic heterocycles. The molecule has 1 amide bonds. The van der Waals surface area contributed by atoms with Crippen LogP contribution in [0.5, 0.6) is 40.2 Å². The average molecular weight is 695 g/mol. The molecule has 1 saturated heterocycles. The maximum absolute atomic E-state index is 14.0. The fraction of sp³-hybridized carbons (Fsp3) is 0.385. The second kappa shape index (κ2) is 12.7. The predicted octanol–water partition coefficient (Wildman–Crippen LogP) is 4.81. The molecule has 3 aliphatic rings. The van der Waals surface area contributed by atoms with Crippen LogP contribution in [0.25, 0.3) is 10.8 Å². The lowest BCUT2D eigenvalue weighted by atomic mass is 9.71. The first-order valence-corrected chi connectivity index (χ1v) is 16.8. The highest BCUT2D eigenvalue weighted by Gasteiger charge is 2.57. The Morgan fingerprint density at radius 3 is 2.02 bits per heavy atom. The van der Waals surface area contributed by atoms with Crippen molar-refractivity contribution in [2.75, 3.05) is 42.0 Å². The number of methoxy groups -OCH3 is 4. The molecule has 0 unspecified atom stereocenters. The molecule has 0 spiro atoms. The molecule has 3 aliphatic heterocycles. The van der Waals surface area contributed by atoms with E-state index < -0.39 is 30.1 Å². The van der Waals surface area contributed by atoms with E-state index in [-0.39, 0.29) is 41.1 Å². The second-order valence-corrected chi connectivity index (χ2v) is 13.4. The van der Waals surface area contributed by atoms with Crippen molar-refractivity contribution in [3.63, 3.8) is 0 Å². The number of hydrogen-bond acceptors (Lipinski definition) is 11. The van der Waals surface area contributed by atoms with Crippen molar-refractivity contribution in [3.8, 4) is 46.3 Å². The third-order valence-corrected chi connectivity index (χ3v) is 11.3. The fourth-order valence-electron chi connectivity index (χ4n) is 9.19. The van der Waals surface area contributed by atoms with Crippen molar-refractivity contribution >= 4 is 16.7 Å². The maximum atomic E-state index is 14.0. The van der Waals surface area contributed by atoms with Gasteiger partial charge in [0.2, 0.25) is 0 Å². The minimum Gasteiger partial charge on any atom is -0.507 e. The van der Waals surface area contributed by atoms with Gasteiger partial charge in [-0.15, -0.1) is 0 Å². The summed E-state index contributed by atoms with van der Waals surface area (Å²) in [6, 6.07) is 10.4. The number of carbonyl (C=O) groups excluding carboxylic acids is 1. The number of phenolic OH excluding ortho intramolecular Hbond substituents is 3. The first-order chi connectivity index (χ1) is 24.5. The summed E-state index contributed by atoms with van der Waals surface area (Å²) < 4.78 is 23.3. The number of amides is 1. The standard InChI is InChI=1S/C39H42N4O8/c1-18-35(48-4)22-15-25-32-31-23(36(49-5)19(2)38(51-7)34(31)46)14-24(42(32)3)26(16-40)43(25)27(29(22)33(45)37(18)50-6)17-41-39(47)30-21-11-9-8-10-20(21)12-13-28(30)44/h8-13,24-27,32,44-46H,14-15,17H2,1-7H3,(H,41,47)/t24-,25-,26-,27-,32-/m0/s1. The normalized spacial score (nSPS) is 22.3. The third-order valence-electron chi connectivity index (χ3n) is 11.3. The number of likely N-dealkylation sites (N-methyl/N-ethyl adjacent to an activating group) is 1. The van der Waals surface area contributed by atoms with E-state index in [9.17, 15) is 25.4 Å². The number of phenols is 3. The van der Waals surface area contributed by atoms with E-state index in [1.807, 2.05) is 33.0 Å². The number of nitrogens with one attached hydrogen (secondary N) is 1. The van der Waals surface area contributed by atoms with Gasteiger partial charge in [-0.3, -0.25) is 14.6 Å². The van der Waals surface area contributed by atoms with E-state index in [2.05, 4.69) is 21.2 Å². The monoisotopic (exact) mass is 694 g/mol. The highest BCUT2D eigenvalue weighted by atomic mass is 16.5. The quantitative estimate of drug-likeness (QED) is 0.211. The minimum atomic E-state index is -0.746. The number of rotatable bonds is 7. The van der Waals surface area contributed by atoms with Crippen LogP contribution in [0.1, 0.15) is 55.8 Å². The van der Waals surface area contributed by atoms with Gasteiger partial charge in [-0.2, -0.15) is 5.26 Å². The van der Waals surface area contributed by atoms with E-state index in [0.717, 1.165) is 10.9 Å². The zero-order valence-corrected chi connectivity index (χ0v) is 29.7. The molecule has 0 radical (unpaired) electrons. The maximum Gasteiger partial charge on any atom is 0.255 e. The van der Waals surface area contributed by atoms with Crippen molar-refractivity contribution in [1.82, 2.24) is 15.1 Å². The number of benzene rings is 4. The Morgan fingerprint density at radius 2 is 1.41 bits per heavy atom. The van der Waals surface area contributed by atoms with Gasteiger partial charge in [-0.25, -0.2) is 0 Å². The van der Waals surface area contributed by atoms with Gasteiger partial charge >= 0.3 is 0 Å². The number of piperazine rings is 1. The van der Waals surface area contributed by atoms with E-state index >= 15 is 0 Å². The molecule has 12 heteroatoms. The lowest BCUT2D eigenvalue weighted by Gasteiger charge is -2.60. The van der Waals surface area contributed by atoms with Crippen LogP contribution in [-0.2, 0) is 12.8 Å². The van der Waals surface area contributed by atoms with Crippen molar-refractivity contribution in [2.45, 2.75) is 56.9 Å². The van der Waals surface area contributed by atoms with Crippen LogP contribution < -0.4 is 24.3 Å². The van der Waals surface area contributed by atoms with Gasteiger partial charge in [0.25, 0.3) is 5.91 Å². The summed E-state index contributed by atoms with van der Waals surface area (Å²) in [6.07, 6.45) is 0.733. The highest BCUT2D eigenvalue weighted by molar-refractivity contribution is 6.09. The van der Waals surface area contributed by atoms with Crippen molar-refractivity contribution in [3.05, 3.63) is 75.3 Å². The van der Waals surface area contributed by atoms with Crippen molar-refractivity contribution in [2.24, 2.45) is 0 Å². The summed E-state index contributed by atoms with van der Waals surface area (Å²) in [5.41, 5.74) is 4.08. The molecule has 266 valence electrons. The molecule has 4 N–H and O–H groups in total. The van der Waals surface area contributed by atoms with Crippen molar-refractivity contribution < 1.29 is 39.1 Å². The van der Waals surface area contributed by atoms with Crippen LogP contribution in [0.2, 0.25) is 0 Å². The summed E-state index contributed by atoms with van der Waals surface area (Å²) >= 11 is 0. The zero-order chi connectivity index (χ0) is 36.5. The fourth-order valence-corrected chi connectivity index (χ4v) is 9.19. The molecule has 12 nitrogen and oxygen atoms in total. The van der Waals surface area contributed by atoms with Gasteiger partial charge in [0.05, 0.1) is 52.2 Å². The first-order valence-electron chi connectivity index (χ1n) is 16.8. The minimum absolute atomic E-state index is 0.0132. The summed E-state index contributed by atoms with van der Waals surface area (Å²) in [6.45, 7) is 3.62. The van der Waals surface area contributed by atoms with Gasteiger partial charge in [-0.05, 0) is 50.6 Å². The van der Waals surface area contributed by atoms with Crippen LogP contribution in [0, 0.1) is 25.2 Å². The first kappa shape index (κ1) is 34.1. The number of nitrogens with zero attached hydrogens (tertiary/aromatic N) is 3. The number of fused-ring (bicyclic) bond motifs is 8. The molecule has 5 atom stereocenters. The summed E-state index contributed by atoms with van der Waals surface area (Å²) in [7, 11) is 8.10. The Kier molecular flexibility index (Phi) is 8.52. The number of nitriles is 1. The SMILES string of the molecule is COc1c(C)c(OC)c2c(c1O)[C@@H]1[C@@H]3Cc4c(OC)c(C)c(OC)c(O)c4[C@H](CNC(=O)c4c(O)ccc5ccccc45)N3[C@@H](C#N)[C@H](C2)N1C. The summed E-state index contributed by atoms with van der Waals surface area (Å²) in [5.74, 6) is 0.941. The number of carbonyl (C=O) groups is 1. The van der Waals surface area contributed by atoms with Gasteiger partial charge < -0.3 is 39.6 Å². The Morgan fingerprint density at radius 1 is 0.843 bits per heavy atom. The van der Waals surface area contributed by atoms with Crippen LogP contribution in [-0.4, -0.2) is 91.2 Å². The molecule has 3 heterocycles. The van der Waals surface area contributed by atoms with Crippen LogP contribution in [0.15, 0.2) is 36.4 Å². The van der Waals surface area contributed by atoms with Gasteiger partial charge in [0.1, 0.15) is 23.3 Å². The topological polar surface area (TPSA) is 157 Å². The van der Waals surface area contributed by atoms with Gasteiger partial charge in [-0.1, -0.05) is 30.3 Å². The largest absolute Gasteiger partial charge is 0.507 e. The molecule has 1 fully saturated rings.